The molecule has 2 aromatic carbocycles. The van der Waals surface area contributed by atoms with Crippen LogP contribution < -0.4 is 10.0 Å². The van der Waals surface area contributed by atoms with Gasteiger partial charge in [0.15, 0.2) is 0 Å². The topological polar surface area (TPSA) is 63.4 Å². The van der Waals surface area contributed by atoms with E-state index >= 15 is 0 Å². The van der Waals surface area contributed by atoms with E-state index in [0.717, 1.165) is 9.87 Å². The van der Waals surface area contributed by atoms with Gasteiger partial charge in [0.25, 0.3) is 10.0 Å². The summed E-state index contributed by atoms with van der Waals surface area (Å²) in [4.78, 5) is 0.132. The zero-order valence-electron chi connectivity index (χ0n) is 11.0. The maximum atomic E-state index is 13.2. The predicted octanol–water partition coefficient (Wildman–Crippen LogP) is 2.11. The summed E-state index contributed by atoms with van der Waals surface area (Å²) in [6.07, 6.45) is 0. The zero-order valence-corrected chi connectivity index (χ0v) is 11.8. The smallest absolute Gasteiger partial charge is 0.264 e. The summed E-state index contributed by atoms with van der Waals surface area (Å²) in [6.45, 7) is 0.257. The molecule has 0 atom stereocenters. The highest BCUT2D eigenvalue weighted by molar-refractivity contribution is 7.92. The maximum Gasteiger partial charge on any atom is 0.264 e. The molecule has 0 aliphatic rings. The van der Waals surface area contributed by atoms with E-state index in [0.29, 0.717) is 0 Å². The minimum atomic E-state index is -3.73. The Morgan fingerprint density at radius 1 is 1.15 bits per heavy atom. The summed E-state index contributed by atoms with van der Waals surface area (Å²) < 4.78 is 39.2. The monoisotopic (exact) mass is 294 g/mol. The normalized spacial score (nSPS) is 11.3. The van der Waals surface area contributed by atoms with E-state index < -0.39 is 15.8 Å². The van der Waals surface area contributed by atoms with E-state index in [2.05, 4.69) is 0 Å². The molecule has 0 saturated heterocycles. The molecule has 0 spiro atoms. The van der Waals surface area contributed by atoms with Crippen molar-refractivity contribution in [2.24, 2.45) is 5.73 Å². The second kappa shape index (κ2) is 5.60. The number of hydrogen-bond donors (Lipinski definition) is 1. The third-order valence-corrected chi connectivity index (χ3v) is 4.75. The van der Waals surface area contributed by atoms with Crippen LogP contribution in [0.1, 0.15) is 5.56 Å². The lowest BCUT2D eigenvalue weighted by Gasteiger charge is -2.19. The summed E-state index contributed by atoms with van der Waals surface area (Å²) in [6, 6.07) is 11.8. The van der Waals surface area contributed by atoms with Crippen LogP contribution in [-0.2, 0) is 16.6 Å². The van der Waals surface area contributed by atoms with Crippen LogP contribution in [0.4, 0.5) is 10.1 Å². The van der Waals surface area contributed by atoms with E-state index in [1.165, 1.54) is 43.4 Å². The summed E-state index contributed by atoms with van der Waals surface area (Å²) in [5.41, 5.74) is 6.50. The minimum Gasteiger partial charge on any atom is -0.326 e. The first-order chi connectivity index (χ1) is 9.45. The number of sulfonamides is 1. The van der Waals surface area contributed by atoms with Gasteiger partial charge in [-0.25, -0.2) is 12.8 Å². The molecule has 0 radical (unpaired) electrons. The van der Waals surface area contributed by atoms with Crippen molar-refractivity contribution in [3.8, 4) is 0 Å². The molecule has 0 bridgehead atoms. The maximum absolute atomic E-state index is 13.2. The van der Waals surface area contributed by atoms with E-state index in [-0.39, 0.29) is 17.1 Å². The third kappa shape index (κ3) is 2.81. The molecular formula is C14H15FN2O2S. The Balaban J connectivity index is 2.43. The molecule has 6 heteroatoms. The van der Waals surface area contributed by atoms with Gasteiger partial charge >= 0.3 is 0 Å². The predicted molar refractivity (Wildman–Crippen MR) is 76.3 cm³/mol. The zero-order chi connectivity index (χ0) is 14.8. The number of anilines is 1. The second-order valence-corrected chi connectivity index (χ2v) is 6.27. The molecule has 106 valence electrons. The Morgan fingerprint density at radius 3 is 2.50 bits per heavy atom. The lowest BCUT2D eigenvalue weighted by molar-refractivity contribution is 0.594. The number of rotatable bonds is 4. The Morgan fingerprint density at radius 2 is 1.85 bits per heavy atom. The molecule has 0 aromatic heterocycles. The summed E-state index contributed by atoms with van der Waals surface area (Å²) in [5.74, 6) is -0.486. The van der Waals surface area contributed by atoms with Gasteiger partial charge in [-0.1, -0.05) is 18.2 Å². The fourth-order valence-electron chi connectivity index (χ4n) is 1.80. The lowest BCUT2D eigenvalue weighted by Crippen LogP contribution is -2.26. The van der Waals surface area contributed by atoms with Crippen LogP contribution in [0.15, 0.2) is 53.4 Å². The van der Waals surface area contributed by atoms with Crippen molar-refractivity contribution in [2.45, 2.75) is 11.4 Å². The van der Waals surface area contributed by atoms with Gasteiger partial charge in [0.1, 0.15) is 5.82 Å². The largest absolute Gasteiger partial charge is 0.326 e. The highest BCUT2D eigenvalue weighted by atomic mass is 32.2. The molecule has 0 amide bonds. The average Bonchev–Trinajstić information content (AvgIpc) is 2.46. The SMILES string of the molecule is CN(c1cccc(F)c1)S(=O)(=O)c1cccc(CN)c1. The van der Waals surface area contributed by atoms with Crippen molar-refractivity contribution < 1.29 is 12.8 Å². The standard InChI is InChI=1S/C14H15FN2O2S/c1-17(13-6-3-5-12(15)9-13)20(18,19)14-7-2-4-11(8-14)10-16/h2-9H,10,16H2,1H3. The molecule has 0 aliphatic carbocycles. The van der Waals surface area contributed by atoms with Crippen LogP contribution >= 0.6 is 0 Å². The van der Waals surface area contributed by atoms with Crippen LogP contribution in [0.25, 0.3) is 0 Å². The first-order valence-electron chi connectivity index (χ1n) is 5.98. The number of nitrogens with zero attached hydrogens (tertiary/aromatic N) is 1. The van der Waals surface area contributed by atoms with Gasteiger partial charge in [0.05, 0.1) is 10.6 Å². The molecule has 0 unspecified atom stereocenters. The number of nitrogens with two attached hydrogens (primary N) is 1. The van der Waals surface area contributed by atoms with Crippen molar-refractivity contribution in [3.63, 3.8) is 0 Å². The van der Waals surface area contributed by atoms with Crippen molar-refractivity contribution in [3.05, 3.63) is 59.9 Å². The van der Waals surface area contributed by atoms with E-state index in [1.54, 1.807) is 12.1 Å². The highest BCUT2D eigenvalue weighted by Crippen LogP contribution is 2.23. The van der Waals surface area contributed by atoms with Crippen LogP contribution in [0.2, 0.25) is 0 Å². The van der Waals surface area contributed by atoms with Crippen LogP contribution in [0.5, 0.6) is 0 Å². The number of hydrogen-bond acceptors (Lipinski definition) is 3. The van der Waals surface area contributed by atoms with Crippen LogP contribution in [-0.4, -0.2) is 15.5 Å². The second-order valence-electron chi connectivity index (χ2n) is 4.30. The fourth-order valence-corrected chi connectivity index (χ4v) is 3.06. The van der Waals surface area contributed by atoms with E-state index in [4.69, 9.17) is 5.73 Å². The molecule has 0 saturated carbocycles. The first-order valence-corrected chi connectivity index (χ1v) is 7.42. The van der Waals surface area contributed by atoms with Gasteiger partial charge < -0.3 is 5.73 Å². The number of halogens is 1. The van der Waals surface area contributed by atoms with Gasteiger partial charge in [-0.05, 0) is 35.9 Å². The Labute approximate surface area is 117 Å². The Kier molecular flexibility index (Phi) is 4.06. The molecule has 20 heavy (non-hydrogen) atoms. The quantitative estimate of drug-likeness (QED) is 0.939. The van der Waals surface area contributed by atoms with E-state index in [1.807, 2.05) is 0 Å². The van der Waals surface area contributed by atoms with Gasteiger partial charge in [-0.3, -0.25) is 4.31 Å². The van der Waals surface area contributed by atoms with Crippen molar-refractivity contribution in [1.29, 1.82) is 0 Å². The van der Waals surface area contributed by atoms with Crippen LogP contribution in [0.3, 0.4) is 0 Å². The average molecular weight is 294 g/mol. The van der Waals surface area contributed by atoms with Crippen molar-refractivity contribution in [2.75, 3.05) is 11.4 Å². The van der Waals surface area contributed by atoms with Gasteiger partial charge in [-0.15, -0.1) is 0 Å². The Hall–Kier alpha value is -1.92. The van der Waals surface area contributed by atoms with Crippen molar-refractivity contribution in [1.82, 2.24) is 0 Å². The van der Waals surface area contributed by atoms with Crippen molar-refractivity contribution >= 4 is 15.7 Å². The molecule has 2 rings (SSSR count). The first kappa shape index (κ1) is 14.5. The molecule has 0 aliphatic heterocycles. The number of benzene rings is 2. The van der Waals surface area contributed by atoms with Gasteiger partial charge in [0, 0.05) is 13.6 Å². The minimum absolute atomic E-state index is 0.132. The fraction of sp³-hybridized carbons (Fsp3) is 0.143. The van der Waals surface area contributed by atoms with E-state index in [9.17, 15) is 12.8 Å². The lowest BCUT2D eigenvalue weighted by atomic mass is 10.2. The molecule has 0 fully saturated rings. The molecule has 4 nitrogen and oxygen atoms in total. The van der Waals surface area contributed by atoms with Gasteiger partial charge in [0.2, 0.25) is 0 Å². The highest BCUT2D eigenvalue weighted by Gasteiger charge is 2.21. The van der Waals surface area contributed by atoms with Crippen LogP contribution in [0, 0.1) is 5.82 Å². The molecular weight excluding hydrogens is 279 g/mol. The Bertz CT molecular complexity index is 717. The molecule has 2 aromatic rings. The molecule has 2 N–H and O–H groups in total. The molecule has 0 heterocycles. The van der Waals surface area contributed by atoms with Gasteiger partial charge in [-0.2, -0.15) is 0 Å². The third-order valence-electron chi connectivity index (χ3n) is 2.96. The summed E-state index contributed by atoms with van der Waals surface area (Å²) in [5, 5.41) is 0. The summed E-state index contributed by atoms with van der Waals surface area (Å²) >= 11 is 0. The summed E-state index contributed by atoms with van der Waals surface area (Å²) in [7, 11) is -2.34.